The SMILES string of the molecule is C=Cc1ccccc1COc1ccc(F)cc1CN. The Morgan fingerprint density at radius 2 is 1.95 bits per heavy atom. The second-order valence-electron chi connectivity index (χ2n) is 4.15. The van der Waals surface area contributed by atoms with Gasteiger partial charge in [-0.15, -0.1) is 0 Å². The summed E-state index contributed by atoms with van der Waals surface area (Å²) < 4.78 is 18.8. The molecule has 0 aliphatic heterocycles. The molecule has 0 aliphatic carbocycles. The molecule has 0 saturated carbocycles. The molecule has 0 bridgehead atoms. The van der Waals surface area contributed by atoms with E-state index in [0.29, 0.717) is 17.9 Å². The summed E-state index contributed by atoms with van der Waals surface area (Å²) in [7, 11) is 0. The Morgan fingerprint density at radius 1 is 1.16 bits per heavy atom. The van der Waals surface area contributed by atoms with Crippen LogP contribution in [-0.2, 0) is 13.2 Å². The van der Waals surface area contributed by atoms with Crippen LogP contribution in [-0.4, -0.2) is 0 Å². The van der Waals surface area contributed by atoms with Gasteiger partial charge in [0.25, 0.3) is 0 Å². The Labute approximate surface area is 112 Å². The molecule has 0 amide bonds. The molecule has 0 aliphatic rings. The third kappa shape index (κ3) is 3.20. The molecule has 0 aromatic heterocycles. The van der Waals surface area contributed by atoms with Crippen LogP contribution < -0.4 is 10.5 Å². The number of hydrogen-bond acceptors (Lipinski definition) is 2. The number of halogens is 1. The zero-order valence-electron chi connectivity index (χ0n) is 10.6. The predicted molar refractivity (Wildman–Crippen MR) is 75.2 cm³/mol. The lowest BCUT2D eigenvalue weighted by Gasteiger charge is -2.12. The summed E-state index contributed by atoms with van der Waals surface area (Å²) in [6.45, 7) is 4.42. The zero-order chi connectivity index (χ0) is 13.7. The van der Waals surface area contributed by atoms with Crippen LogP contribution in [0.4, 0.5) is 4.39 Å². The van der Waals surface area contributed by atoms with Crippen LogP contribution in [0.2, 0.25) is 0 Å². The van der Waals surface area contributed by atoms with E-state index in [0.717, 1.165) is 11.1 Å². The quantitative estimate of drug-likeness (QED) is 0.889. The molecule has 0 atom stereocenters. The van der Waals surface area contributed by atoms with Gasteiger partial charge in [0.05, 0.1) is 0 Å². The molecular weight excluding hydrogens is 241 g/mol. The summed E-state index contributed by atoms with van der Waals surface area (Å²) in [6.07, 6.45) is 1.78. The van der Waals surface area contributed by atoms with Gasteiger partial charge in [-0.3, -0.25) is 0 Å². The minimum Gasteiger partial charge on any atom is -0.489 e. The van der Waals surface area contributed by atoms with Crippen molar-refractivity contribution in [3.63, 3.8) is 0 Å². The third-order valence-corrected chi connectivity index (χ3v) is 2.90. The standard InChI is InChI=1S/C16H16FNO/c1-2-12-5-3-4-6-13(12)11-19-16-8-7-15(17)9-14(16)10-18/h2-9H,1,10-11,18H2. The van der Waals surface area contributed by atoms with Crippen molar-refractivity contribution in [1.82, 2.24) is 0 Å². The van der Waals surface area contributed by atoms with Crippen molar-refractivity contribution in [3.05, 3.63) is 71.6 Å². The molecule has 0 unspecified atom stereocenters. The first-order valence-electron chi connectivity index (χ1n) is 6.06. The largest absolute Gasteiger partial charge is 0.489 e. The van der Waals surface area contributed by atoms with Crippen LogP contribution in [0.3, 0.4) is 0 Å². The van der Waals surface area contributed by atoms with E-state index in [2.05, 4.69) is 6.58 Å². The van der Waals surface area contributed by atoms with Crippen LogP contribution in [0.15, 0.2) is 49.0 Å². The molecule has 98 valence electrons. The lowest BCUT2D eigenvalue weighted by atomic mass is 10.1. The van der Waals surface area contributed by atoms with Crippen molar-refractivity contribution >= 4 is 6.08 Å². The molecule has 2 rings (SSSR count). The van der Waals surface area contributed by atoms with Crippen LogP contribution in [0.25, 0.3) is 6.08 Å². The van der Waals surface area contributed by atoms with Crippen molar-refractivity contribution in [2.75, 3.05) is 0 Å². The van der Waals surface area contributed by atoms with Crippen LogP contribution in [0, 0.1) is 5.82 Å². The monoisotopic (exact) mass is 257 g/mol. The van der Waals surface area contributed by atoms with E-state index in [-0.39, 0.29) is 12.4 Å². The maximum Gasteiger partial charge on any atom is 0.124 e. The number of hydrogen-bond donors (Lipinski definition) is 1. The van der Waals surface area contributed by atoms with Gasteiger partial charge in [-0.2, -0.15) is 0 Å². The number of ether oxygens (including phenoxy) is 1. The highest BCUT2D eigenvalue weighted by Crippen LogP contribution is 2.21. The predicted octanol–water partition coefficient (Wildman–Crippen LogP) is 3.51. The molecular formula is C16H16FNO. The Kier molecular flexibility index (Phi) is 4.31. The second kappa shape index (κ2) is 6.16. The van der Waals surface area contributed by atoms with E-state index in [1.165, 1.54) is 12.1 Å². The average molecular weight is 257 g/mol. The minimum atomic E-state index is -0.306. The smallest absolute Gasteiger partial charge is 0.124 e. The van der Waals surface area contributed by atoms with Gasteiger partial charge in [0.1, 0.15) is 18.2 Å². The number of benzene rings is 2. The minimum absolute atomic E-state index is 0.246. The van der Waals surface area contributed by atoms with Crippen molar-refractivity contribution < 1.29 is 9.13 Å². The molecule has 0 fully saturated rings. The normalized spacial score (nSPS) is 10.2. The molecule has 2 N–H and O–H groups in total. The van der Waals surface area contributed by atoms with Gasteiger partial charge in [0.15, 0.2) is 0 Å². The first-order chi connectivity index (χ1) is 9.24. The van der Waals surface area contributed by atoms with Gasteiger partial charge in [0.2, 0.25) is 0 Å². The maximum atomic E-state index is 13.1. The summed E-state index contributed by atoms with van der Waals surface area (Å²) in [5.41, 5.74) is 8.30. The van der Waals surface area contributed by atoms with Gasteiger partial charge in [-0.05, 0) is 29.3 Å². The fraction of sp³-hybridized carbons (Fsp3) is 0.125. The molecule has 2 nitrogen and oxygen atoms in total. The van der Waals surface area contributed by atoms with E-state index in [4.69, 9.17) is 10.5 Å². The van der Waals surface area contributed by atoms with Crippen LogP contribution in [0.1, 0.15) is 16.7 Å². The molecule has 0 heterocycles. The highest BCUT2D eigenvalue weighted by molar-refractivity contribution is 5.51. The fourth-order valence-electron chi connectivity index (χ4n) is 1.87. The average Bonchev–Trinajstić information content (AvgIpc) is 2.46. The third-order valence-electron chi connectivity index (χ3n) is 2.90. The topological polar surface area (TPSA) is 35.2 Å². The van der Waals surface area contributed by atoms with Crippen molar-refractivity contribution in [2.45, 2.75) is 13.2 Å². The summed E-state index contributed by atoms with van der Waals surface area (Å²) in [6, 6.07) is 12.2. The molecule has 0 spiro atoms. The number of nitrogens with two attached hydrogens (primary N) is 1. The van der Waals surface area contributed by atoms with E-state index >= 15 is 0 Å². The Balaban J connectivity index is 2.16. The second-order valence-corrected chi connectivity index (χ2v) is 4.15. The van der Waals surface area contributed by atoms with Gasteiger partial charge in [-0.1, -0.05) is 36.9 Å². The highest BCUT2D eigenvalue weighted by atomic mass is 19.1. The molecule has 19 heavy (non-hydrogen) atoms. The Hall–Kier alpha value is -2.13. The van der Waals surface area contributed by atoms with Gasteiger partial charge < -0.3 is 10.5 Å². The fourth-order valence-corrected chi connectivity index (χ4v) is 1.87. The van der Waals surface area contributed by atoms with E-state index in [1.807, 2.05) is 24.3 Å². The highest BCUT2D eigenvalue weighted by Gasteiger charge is 2.05. The van der Waals surface area contributed by atoms with Gasteiger partial charge in [-0.25, -0.2) is 4.39 Å². The molecule has 0 saturated heterocycles. The lowest BCUT2D eigenvalue weighted by Crippen LogP contribution is -2.04. The summed E-state index contributed by atoms with van der Waals surface area (Å²) >= 11 is 0. The van der Waals surface area contributed by atoms with Gasteiger partial charge >= 0.3 is 0 Å². The van der Waals surface area contributed by atoms with Crippen molar-refractivity contribution in [1.29, 1.82) is 0 Å². The molecule has 2 aromatic carbocycles. The Bertz CT molecular complexity index is 581. The molecule has 2 aromatic rings. The maximum absolute atomic E-state index is 13.1. The zero-order valence-corrected chi connectivity index (χ0v) is 10.6. The summed E-state index contributed by atoms with van der Waals surface area (Å²) in [5, 5.41) is 0. The van der Waals surface area contributed by atoms with Crippen LogP contribution in [0.5, 0.6) is 5.75 Å². The van der Waals surface area contributed by atoms with E-state index in [1.54, 1.807) is 12.1 Å². The van der Waals surface area contributed by atoms with Gasteiger partial charge in [0, 0.05) is 12.1 Å². The van der Waals surface area contributed by atoms with E-state index in [9.17, 15) is 4.39 Å². The summed E-state index contributed by atoms with van der Waals surface area (Å²) in [4.78, 5) is 0. The summed E-state index contributed by atoms with van der Waals surface area (Å²) in [5.74, 6) is 0.307. The molecule has 3 heteroatoms. The van der Waals surface area contributed by atoms with Crippen molar-refractivity contribution in [3.8, 4) is 5.75 Å². The first-order valence-corrected chi connectivity index (χ1v) is 6.06. The van der Waals surface area contributed by atoms with Crippen LogP contribution >= 0.6 is 0 Å². The van der Waals surface area contributed by atoms with E-state index < -0.39 is 0 Å². The Morgan fingerprint density at radius 3 is 2.68 bits per heavy atom. The lowest BCUT2D eigenvalue weighted by molar-refractivity contribution is 0.302. The first kappa shape index (κ1) is 13.3. The van der Waals surface area contributed by atoms with Crippen molar-refractivity contribution in [2.24, 2.45) is 5.73 Å². The molecule has 0 radical (unpaired) electrons. The number of rotatable bonds is 5.